The predicted molar refractivity (Wildman–Crippen MR) is 78.5 cm³/mol. The standard InChI is InChI=1S/C18H14F2/c19-17-10-9-15-14-6-5-11-3-1-2-4-12(11)13(14)7-8-16(15)18(17)20/h1-8,17-18H,9-10H2. The summed E-state index contributed by atoms with van der Waals surface area (Å²) in [6.07, 6.45) is -1.94. The van der Waals surface area contributed by atoms with E-state index in [9.17, 15) is 8.78 Å². The fourth-order valence-electron chi connectivity index (χ4n) is 3.33. The summed E-state index contributed by atoms with van der Waals surface area (Å²) < 4.78 is 27.6. The highest BCUT2D eigenvalue weighted by Gasteiger charge is 2.30. The molecule has 2 atom stereocenters. The van der Waals surface area contributed by atoms with E-state index in [0.29, 0.717) is 12.0 Å². The molecule has 0 heterocycles. The van der Waals surface area contributed by atoms with Crippen LogP contribution in [0.2, 0.25) is 0 Å². The summed E-state index contributed by atoms with van der Waals surface area (Å²) in [5.41, 5.74) is 1.51. The molecule has 0 aromatic heterocycles. The Bertz CT molecular complexity index is 807. The van der Waals surface area contributed by atoms with Gasteiger partial charge < -0.3 is 0 Å². The molecule has 1 aliphatic rings. The normalized spacial score (nSPS) is 22.1. The second-order valence-electron chi connectivity index (χ2n) is 5.47. The number of hydrogen-bond donors (Lipinski definition) is 0. The summed E-state index contributed by atoms with van der Waals surface area (Å²) in [4.78, 5) is 0. The van der Waals surface area contributed by atoms with Crippen LogP contribution >= 0.6 is 0 Å². The van der Waals surface area contributed by atoms with Gasteiger partial charge in [0.05, 0.1) is 0 Å². The molecule has 4 rings (SSSR count). The molecular formula is C18H14F2. The van der Waals surface area contributed by atoms with E-state index in [-0.39, 0.29) is 6.42 Å². The van der Waals surface area contributed by atoms with E-state index in [1.807, 2.05) is 24.3 Å². The summed E-state index contributed by atoms with van der Waals surface area (Å²) >= 11 is 0. The molecule has 0 N–H and O–H groups in total. The summed E-state index contributed by atoms with van der Waals surface area (Å²) in [5, 5.41) is 4.55. The highest BCUT2D eigenvalue weighted by Crippen LogP contribution is 2.39. The second kappa shape index (κ2) is 4.27. The fraction of sp³-hybridized carbons (Fsp3) is 0.222. The van der Waals surface area contributed by atoms with Crippen molar-refractivity contribution in [2.45, 2.75) is 25.2 Å². The van der Waals surface area contributed by atoms with E-state index >= 15 is 0 Å². The van der Waals surface area contributed by atoms with Gasteiger partial charge in [-0.25, -0.2) is 8.78 Å². The zero-order valence-electron chi connectivity index (χ0n) is 10.9. The predicted octanol–water partition coefficient (Wildman–Crippen LogP) is 5.29. The molecule has 3 aromatic rings. The first-order valence-electron chi connectivity index (χ1n) is 6.97. The molecule has 0 fully saturated rings. The van der Waals surface area contributed by atoms with Gasteiger partial charge in [-0.05, 0) is 45.5 Å². The third kappa shape index (κ3) is 1.57. The van der Waals surface area contributed by atoms with Gasteiger partial charge in [-0.1, -0.05) is 48.5 Å². The van der Waals surface area contributed by atoms with Crippen LogP contribution in [0.5, 0.6) is 0 Å². The number of benzene rings is 3. The van der Waals surface area contributed by atoms with Crippen molar-refractivity contribution in [1.29, 1.82) is 0 Å². The average molecular weight is 268 g/mol. The maximum absolute atomic E-state index is 14.0. The van der Waals surface area contributed by atoms with Crippen molar-refractivity contribution < 1.29 is 8.78 Å². The molecule has 0 spiro atoms. The van der Waals surface area contributed by atoms with Crippen LogP contribution in [0.3, 0.4) is 0 Å². The van der Waals surface area contributed by atoms with Gasteiger partial charge in [-0.2, -0.15) is 0 Å². The van der Waals surface area contributed by atoms with Crippen LogP contribution in [-0.4, -0.2) is 6.17 Å². The molecule has 3 aromatic carbocycles. The highest BCUT2D eigenvalue weighted by molar-refractivity contribution is 6.08. The van der Waals surface area contributed by atoms with Crippen LogP contribution in [0.25, 0.3) is 21.5 Å². The zero-order valence-corrected chi connectivity index (χ0v) is 10.9. The van der Waals surface area contributed by atoms with E-state index in [0.717, 1.165) is 16.3 Å². The molecular weight excluding hydrogens is 254 g/mol. The number of rotatable bonds is 0. The average Bonchev–Trinajstić information content (AvgIpc) is 2.50. The lowest BCUT2D eigenvalue weighted by atomic mass is 9.84. The monoisotopic (exact) mass is 268 g/mol. The molecule has 0 amide bonds. The minimum absolute atomic E-state index is 0.278. The third-order valence-electron chi connectivity index (χ3n) is 4.36. The quantitative estimate of drug-likeness (QED) is 0.486. The van der Waals surface area contributed by atoms with Gasteiger partial charge in [0.25, 0.3) is 0 Å². The maximum Gasteiger partial charge on any atom is 0.156 e. The first-order valence-corrected chi connectivity index (χ1v) is 6.97. The van der Waals surface area contributed by atoms with Crippen molar-refractivity contribution in [3.8, 4) is 0 Å². The SMILES string of the molecule is FC1CCc2c(ccc3c2ccc2ccccc23)C1F. The molecule has 2 heteroatoms. The van der Waals surface area contributed by atoms with Gasteiger partial charge >= 0.3 is 0 Å². The lowest BCUT2D eigenvalue weighted by Crippen LogP contribution is -2.18. The smallest absolute Gasteiger partial charge is 0.156 e. The molecule has 1 aliphatic carbocycles. The van der Waals surface area contributed by atoms with E-state index in [2.05, 4.69) is 18.2 Å². The minimum atomic E-state index is -1.48. The Morgan fingerprint density at radius 1 is 0.800 bits per heavy atom. The van der Waals surface area contributed by atoms with Crippen molar-refractivity contribution >= 4 is 21.5 Å². The van der Waals surface area contributed by atoms with Crippen molar-refractivity contribution in [3.05, 3.63) is 59.7 Å². The molecule has 0 nitrogen and oxygen atoms in total. The van der Waals surface area contributed by atoms with Crippen LogP contribution in [0.15, 0.2) is 48.5 Å². The van der Waals surface area contributed by atoms with E-state index in [4.69, 9.17) is 0 Å². The Hall–Kier alpha value is -1.96. The second-order valence-corrected chi connectivity index (χ2v) is 5.47. The van der Waals surface area contributed by atoms with Gasteiger partial charge in [0.15, 0.2) is 6.17 Å². The largest absolute Gasteiger partial charge is 0.244 e. The van der Waals surface area contributed by atoms with Crippen LogP contribution in [0, 0.1) is 0 Å². The van der Waals surface area contributed by atoms with Crippen LogP contribution in [0.4, 0.5) is 8.78 Å². The molecule has 2 unspecified atom stereocenters. The van der Waals surface area contributed by atoms with Crippen molar-refractivity contribution in [1.82, 2.24) is 0 Å². The topological polar surface area (TPSA) is 0 Å². The van der Waals surface area contributed by atoms with Gasteiger partial charge in [-0.15, -0.1) is 0 Å². The van der Waals surface area contributed by atoms with Crippen molar-refractivity contribution in [2.75, 3.05) is 0 Å². The summed E-state index contributed by atoms with van der Waals surface area (Å²) in [6.45, 7) is 0. The Balaban J connectivity index is 2.08. The van der Waals surface area contributed by atoms with Crippen molar-refractivity contribution in [3.63, 3.8) is 0 Å². The van der Waals surface area contributed by atoms with E-state index in [1.54, 1.807) is 6.07 Å². The van der Waals surface area contributed by atoms with Crippen LogP contribution < -0.4 is 0 Å². The highest BCUT2D eigenvalue weighted by atomic mass is 19.2. The zero-order chi connectivity index (χ0) is 13.7. The first kappa shape index (κ1) is 11.8. The van der Waals surface area contributed by atoms with Crippen molar-refractivity contribution in [2.24, 2.45) is 0 Å². The molecule has 20 heavy (non-hydrogen) atoms. The first-order chi connectivity index (χ1) is 9.75. The summed E-state index contributed by atoms with van der Waals surface area (Å²) in [6, 6.07) is 16.0. The summed E-state index contributed by atoms with van der Waals surface area (Å²) in [7, 11) is 0. The van der Waals surface area contributed by atoms with Gasteiger partial charge in [0, 0.05) is 0 Å². The molecule has 100 valence electrons. The summed E-state index contributed by atoms with van der Waals surface area (Å²) in [5.74, 6) is 0. The Kier molecular flexibility index (Phi) is 2.53. The lowest BCUT2D eigenvalue weighted by Gasteiger charge is -2.24. The lowest BCUT2D eigenvalue weighted by molar-refractivity contribution is 0.149. The third-order valence-corrected chi connectivity index (χ3v) is 4.36. The molecule has 0 saturated heterocycles. The Morgan fingerprint density at radius 2 is 1.60 bits per heavy atom. The van der Waals surface area contributed by atoms with Gasteiger partial charge in [0.2, 0.25) is 0 Å². The van der Waals surface area contributed by atoms with Crippen LogP contribution in [-0.2, 0) is 6.42 Å². The molecule has 0 aliphatic heterocycles. The Morgan fingerprint density at radius 3 is 2.50 bits per heavy atom. The number of aryl methyl sites for hydroxylation is 1. The molecule has 0 bridgehead atoms. The van der Waals surface area contributed by atoms with Gasteiger partial charge in [0.1, 0.15) is 6.17 Å². The molecule has 0 radical (unpaired) electrons. The number of alkyl halides is 2. The number of fused-ring (bicyclic) bond motifs is 5. The number of halogens is 2. The maximum atomic E-state index is 14.0. The van der Waals surface area contributed by atoms with E-state index in [1.165, 1.54) is 10.8 Å². The minimum Gasteiger partial charge on any atom is -0.244 e. The van der Waals surface area contributed by atoms with E-state index < -0.39 is 12.3 Å². The molecule has 0 saturated carbocycles. The van der Waals surface area contributed by atoms with Crippen LogP contribution in [0.1, 0.15) is 23.7 Å². The fourth-order valence-corrected chi connectivity index (χ4v) is 3.33. The Labute approximate surface area is 116 Å². The number of hydrogen-bond acceptors (Lipinski definition) is 0. The van der Waals surface area contributed by atoms with Gasteiger partial charge in [-0.3, -0.25) is 0 Å².